The molecule has 0 N–H and O–H groups in total. The molecule has 0 spiro atoms. The summed E-state index contributed by atoms with van der Waals surface area (Å²) in [5, 5.41) is 2.05. The first-order valence-electron chi connectivity index (χ1n) is 9.15. The van der Waals surface area contributed by atoms with E-state index in [1.54, 1.807) is 23.5 Å². The molecule has 3 aromatic rings. The van der Waals surface area contributed by atoms with Gasteiger partial charge < -0.3 is 14.4 Å². The Morgan fingerprint density at radius 1 is 1.00 bits per heavy atom. The second kappa shape index (κ2) is 7.96. The third kappa shape index (κ3) is 4.06. The number of benzene rings is 1. The van der Waals surface area contributed by atoms with Gasteiger partial charge in [-0.15, -0.1) is 11.3 Å². The average Bonchev–Trinajstić information content (AvgIpc) is 3.41. The first-order chi connectivity index (χ1) is 13.2. The van der Waals surface area contributed by atoms with Crippen LogP contribution < -0.4 is 4.90 Å². The number of hydrogen-bond acceptors (Lipinski definition) is 3. The summed E-state index contributed by atoms with van der Waals surface area (Å²) in [5.41, 5.74) is 1.01. The summed E-state index contributed by atoms with van der Waals surface area (Å²) in [4.78, 5) is 18.3. The minimum absolute atomic E-state index is 0.0441. The molecule has 3 heterocycles. The molecule has 1 saturated heterocycles. The molecule has 140 valence electrons. The van der Waals surface area contributed by atoms with Crippen molar-refractivity contribution < 1.29 is 9.18 Å². The molecule has 1 aromatic carbocycles. The fraction of sp³-hybridized carbons (Fsp3) is 0.286. The van der Waals surface area contributed by atoms with E-state index in [1.807, 2.05) is 35.5 Å². The number of thiophene rings is 1. The highest BCUT2D eigenvalue weighted by atomic mass is 32.1. The molecule has 0 saturated carbocycles. The Morgan fingerprint density at radius 2 is 1.70 bits per heavy atom. The highest BCUT2D eigenvalue weighted by Gasteiger charge is 2.25. The maximum Gasteiger partial charge on any atom is 0.225 e. The lowest BCUT2D eigenvalue weighted by Gasteiger charge is -2.36. The summed E-state index contributed by atoms with van der Waals surface area (Å²) in [6.07, 6.45) is 4.50. The van der Waals surface area contributed by atoms with Gasteiger partial charge in [0.1, 0.15) is 5.82 Å². The highest BCUT2D eigenvalue weighted by Crippen LogP contribution is 2.27. The Bertz CT molecular complexity index is 819. The van der Waals surface area contributed by atoms with E-state index in [0.717, 1.165) is 18.8 Å². The number of carbonyl (C=O) groups excluding carboxylic acids is 1. The van der Waals surface area contributed by atoms with Crippen molar-refractivity contribution in [3.63, 3.8) is 0 Å². The van der Waals surface area contributed by atoms with E-state index in [-0.39, 0.29) is 17.8 Å². The van der Waals surface area contributed by atoms with E-state index < -0.39 is 0 Å². The standard InChI is InChI=1S/C21H22FN3OS/c22-17-5-7-18(8-6-17)23-11-13-25(14-12-23)21(26)16-19(20-4-3-15-27-20)24-9-1-2-10-24/h1-10,15,19H,11-14,16H2/t19-/m0/s1. The third-order valence-electron chi connectivity index (χ3n) is 5.05. The predicted octanol–water partition coefficient (Wildman–Crippen LogP) is 4.02. The number of anilines is 1. The highest BCUT2D eigenvalue weighted by molar-refractivity contribution is 7.10. The van der Waals surface area contributed by atoms with Crippen molar-refractivity contribution in [3.05, 3.63) is 77.0 Å². The van der Waals surface area contributed by atoms with Crippen molar-refractivity contribution in [3.8, 4) is 0 Å². The number of carbonyl (C=O) groups is 1. The van der Waals surface area contributed by atoms with Gasteiger partial charge in [0, 0.05) is 49.1 Å². The Morgan fingerprint density at radius 3 is 2.33 bits per heavy atom. The average molecular weight is 383 g/mol. The fourth-order valence-electron chi connectivity index (χ4n) is 3.55. The molecule has 1 atom stereocenters. The summed E-state index contributed by atoms with van der Waals surface area (Å²) in [7, 11) is 0. The molecule has 4 nitrogen and oxygen atoms in total. The lowest BCUT2D eigenvalue weighted by Crippen LogP contribution is -2.49. The van der Waals surface area contributed by atoms with Gasteiger partial charge in [0.25, 0.3) is 0 Å². The zero-order valence-corrected chi connectivity index (χ0v) is 15.8. The smallest absolute Gasteiger partial charge is 0.225 e. The molecule has 0 radical (unpaired) electrons. The van der Waals surface area contributed by atoms with Gasteiger partial charge in [0.2, 0.25) is 5.91 Å². The van der Waals surface area contributed by atoms with Gasteiger partial charge in [-0.1, -0.05) is 6.07 Å². The SMILES string of the molecule is O=C(C[C@@H](c1cccs1)n1cccc1)N1CCN(c2ccc(F)cc2)CC1. The monoisotopic (exact) mass is 383 g/mol. The summed E-state index contributed by atoms with van der Waals surface area (Å²) < 4.78 is 15.2. The van der Waals surface area contributed by atoms with E-state index >= 15 is 0 Å². The Balaban J connectivity index is 1.39. The van der Waals surface area contributed by atoms with Crippen LogP contribution in [0.3, 0.4) is 0 Å². The Kier molecular flexibility index (Phi) is 5.25. The molecule has 0 bridgehead atoms. The van der Waals surface area contributed by atoms with Crippen LogP contribution in [-0.4, -0.2) is 41.6 Å². The van der Waals surface area contributed by atoms with Gasteiger partial charge in [-0.2, -0.15) is 0 Å². The minimum atomic E-state index is -0.225. The first kappa shape index (κ1) is 17.8. The normalized spacial score (nSPS) is 15.7. The number of hydrogen-bond donors (Lipinski definition) is 0. The number of piperazine rings is 1. The van der Waals surface area contributed by atoms with Gasteiger partial charge in [-0.3, -0.25) is 4.79 Å². The number of halogens is 1. The van der Waals surface area contributed by atoms with E-state index in [0.29, 0.717) is 19.5 Å². The first-order valence-corrected chi connectivity index (χ1v) is 10.0. The van der Waals surface area contributed by atoms with Gasteiger partial charge in [0.15, 0.2) is 0 Å². The summed E-state index contributed by atoms with van der Waals surface area (Å²) in [6, 6.07) is 14.7. The molecule has 4 rings (SSSR count). The van der Waals surface area contributed by atoms with Crippen molar-refractivity contribution in [2.75, 3.05) is 31.1 Å². The molecule has 1 aliphatic heterocycles. The predicted molar refractivity (Wildman–Crippen MR) is 107 cm³/mol. The second-order valence-electron chi connectivity index (χ2n) is 6.71. The topological polar surface area (TPSA) is 28.5 Å². The lowest BCUT2D eigenvalue weighted by molar-refractivity contribution is -0.132. The molecule has 1 amide bonds. The third-order valence-corrected chi connectivity index (χ3v) is 6.02. The minimum Gasteiger partial charge on any atom is -0.368 e. The van der Waals surface area contributed by atoms with Gasteiger partial charge in [-0.25, -0.2) is 4.39 Å². The van der Waals surface area contributed by atoms with E-state index in [9.17, 15) is 9.18 Å². The van der Waals surface area contributed by atoms with Crippen LogP contribution in [-0.2, 0) is 4.79 Å². The van der Waals surface area contributed by atoms with Gasteiger partial charge in [-0.05, 0) is 47.8 Å². The molecule has 1 fully saturated rings. The molecule has 1 aliphatic rings. The number of rotatable bonds is 5. The maximum atomic E-state index is 13.1. The largest absolute Gasteiger partial charge is 0.368 e. The van der Waals surface area contributed by atoms with Crippen molar-refractivity contribution in [2.24, 2.45) is 0 Å². The van der Waals surface area contributed by atoms with Crippen LogP contribution in [0.1, 0.15) is 17.3 Å². The number of amides is 1. The van der Waals surface area contributed by atoms with E-state index in [1.165, 1.54) is 17.0 Å². The molecule has 2 aromatic heterocycles. The fourth-order valence-corrected chi connectivity index (χ4v) is 4.38. The lowest BCUT2D eigenvalue weighted by atomic mass is 10.1. The number of aromatic nitrogens is 1. The maximum absolute atomic E-state index is 13.1. The van der Waals surface area contributed by atoms with E-state index in [4.69, 9.17) is 0 Å². The van der Waals surface area contributed by atoms with Crippen LogP contribution in [0, 0.1) is 5.82 Å². The zero-order valence-electron chi connectivity index (χ0n) is 15.0. The molecule has 27 heavy (non-hydrogen) atoms. The molecular formula is C21H22FN3OS. The quantitative estimate of drug-likeness (QED) is 0.666. The molecule has 0 unspecified atom stereocenters. The second-order valence-corrected chi connectivity index (χ2v) is 7.69. The Labute approximate surface area is 162 Å². The van der Waals surface area contributed by atoms with Crippen LogP contribution >= 0.6 is 11.3 Å². The van der Waals surface area contributed by atoms with Crippen LogP contribution in [0.25, 0.3) is 0 Å². The van der Waals surface area contributed by atoms with Crippen molar-refractivity contribution in [1.29, 1.82) is 0 Å². The van der Waals surface area contributed by atoms with Crippen molar-refractivity contribution in [2.45, 2.75) is 12.5 Å². The van der Waals surface area contributed by atoms with Crippen LogP contribution in [0.4, 0.5) is 10.1 Å². The molecular weight excluding hydrogens is 361 g/mol. The summed E-state index contributed by atoms with van der Waals surface area (Å²) >= 11 is 1.69. The van der Waals surface area contributed by atoms with Crippen molar-refractivity contribution >= 4 is 22.9 Å². The number of nitrogens with zero attached hydrogens (tertiary/aromatic N) is 3. The molecule has 6 heteroatoms. The van der Waals surface area contributed by atoms with E-state index in [2.05, 4.69) is 20.9 Å². The van der Waals surface area contributed by atoms with Crippen LogP contribution in [0.2, 0.25) is 0 Å². The van der Waals surface area contributed by atoms with Gasteiger partial charge >= 0.3 is 0 Å². The summed E-state index contributed by atoms with van der Waals surface area (Å²) in [6.45, 7) is 2.92. The summed E-state index contributed by atoms with van der Waals surface area (Å²) in [5.74, 6) is -0.0435. The molecule has 0 aliphatic carbocycles. The van der Waals surface area contributed by atoms with Crippen LogP contribution in [0.15, 0.2) is 66.3 Å². The van der Waals surface area contributed by atoms with Crippen molar-refractivity contribution in [1.82, 2.24) is 9.47 Å². The van der Waals surface area contributed by atoms with Crippen LogP contribution in [0.5, 0.6) is 0 Å². The zero-order chi connectivity index (χ0) is 18.6. The Hall–Kier alpha value is -2.60. The van der Waals surface area contributed by atoms with Gasteiger partial charge in [0.05, 0.1) is 12.5 Å².